The van der Waals surface area contributed by atoms with Gasteiger partial charge in [0.1, 0.15) is 10.8 Å². The number of hydrogen-bond acceptors (Lipinski definition) is 5. The number of rotatable bonds is 1. The maximum Gasteiger partial charge on any atom is 0.290 e. The van der Waals surface area contributed by atoms with Crippen LogP contribution in [-0.4, -0.2) is 44.5 Å². The van der Waals surface area contributed by atoms with E-state index < -0.39 is 0 Å². The van der Waals surface area contributed by atoms with E-state index in [1.54, 1.807) is 4.90 Å². The first kappa shape index (κ1) is 14.0. The fourth-order valence-electron chi connectivity index (χ4n) is 3.67. The molecular weight excluding hydrogens is 302 g/mol. The first-order valence-corrected chi connectivity index (χ1v) is 8.63. The topological polar surface area (TPSA) is 72.3 Å². The Bertz CT molecular complexity index is 742. The predicted octanol–water partition coefficient (Wildman–Crippen LogP) is 1.03. The van der Waals surface area contributed by atoms with Gasteiger partial charge >= 0.3 is 0 Å². The molecule has 2 atom stereocenters. The molecule has 1 aromatic heterocycles. The van der Waals surface area contributed by atoms with Gasteiger partial charge in [0, 0.05) is 32.0 Å². The minimum absolute atomic E-state index is 0.0154. The predicted molar refractivity (Wildman–Crippen MR) is 81.3 cm³/mol. The van der Waals surface area contributed by atoms with Crippen molar-refractivity contribution in [3.63, 3.8) is 0 Å². The average molecular weight is 319 g/mol. The molecule has 0 radical (unpaired) electrons. The maximum atomic E-state index is 12.8. The van der Waals surface area contributed by atoms with Crippen molar-refractivity contribution in [2.24, 2.45) is 0 Å². The molecule has 0 spiro atoms. The van der Waals surface area contributed by atoms with Crippen LogP contribution in [0.15, 0.2) is 9.82 Å². The van der Waals surface area contributed by atoms with E-state index in [0.29, 0.717) is 36.6 Å². The summed E-state index contributed by atoms with van der Waals surface area (Å²) in [7, 11) is 0. The number of aromatic nitrogens is 2. The number of carbonyl (C=O) groups excluding carboxylic acids is 2. The Morgan fingerprint density at radius 3 is 2.86 bits per heavy atom. The Morgan fingerprint density at radius 1 is 1.27 bits per heavy atom. The van der Waals surface area contributed by atoms with Crippen molar-refractivity contribution < 1.29 is 9.59 Å². The molecule has 1 aliphatic carbocycles. The van der Waals surface area contributed by atoms with Gasteiger partial charge in [0.2, 0.25) is 5.82 Å². The minimum atomic E-state index is -0.185. The van der Waals surface area contributed by atoms with Crippen LogP contribution in [0, 0.1) is 0 Å². The molecule has 0 bridgehead atoms. The standard InChI is InChI=1S/C15H17N3O3S/c1-2-17-6-7-18-12(15(17)21)16-13-10(14(18)20)8-4-3-5-9(19)11(8)22-13/h8,11H,2-7H2,1H3. The Balaban J connectivity index is 1.85. The summed E-state index contributed by atoms with van der Waals surface area (Å²) in [5, 5.41) is 0.429. The van der Waals surface area contributed by atoms with E-state index in [1.807, 2.05) is 6.92 Å². The third-order valence-corrected chi connectivity index (χ3v) is 6.23. The molecule has 116 valence electrons. The van der Waals surface area contributed by atoms with Gasteiger partial charge in [0.05, 0.1) is 10.8 Å². The third kappa shape index (κ3) is 1.81. The highest BCUT2D eigenvalue weighted by Crippen LogP contribution is 2.48. The van der Waals surface area contributed by atoms with Crippen LogP contribution in [-0.2, 0) is 11.3 Å². The van der Waals surface area contributed by atoms with Crippen molar-refractivity contribution in [1.82, 2.24) is 14.5 Å². The van der Waals surface area contributed by atoms with Gasteiger partial charge in [-0.2, -0.15) is 0 Å². The zero-order valence-corrected chi connectivity index (χ0v) is 13.2. The second-order valence-electron chi connectivity index (χ2n) is 6.00. The second-order valence-corrected chi connectivity index (χ2v) is 7.13. The van der Waals surface area contributed by atoms with Crippen molar-refractivity contribution in [3.8, 4) is 0 Å². The molecule has 1 fully saturated rings. The lowest BCUT2D eigenvalue weighted by Gasteiger charge is -2.28. The summed E-state index contributed by atoms with van der Waals surface area (Å²) in [5.41, 5.74) is 0.559. The summed E-state index contributed by atoms with van der Waals surface area (Å²) in [6, 6.07) is 0. The zero-order chi connectivity index (χ0) is 15.4. The van der Waals surface area contributed by atoms with Crippen molar-refractivity contribution >= 4 is 23.5 Å². The first-order chi connectivity index (χ1) is 10.6. The fourth-order valence-corrected chi connectivity index (χ4v) is 5.10. The first-order valence-electron chi connectivity index (χ1n) is 7.75. The van der Waals surface area contributed by atoms with Crippen molar-refractivity contribution in [2.45, 2.75) is 48.9 Å². The average Bonchev–Trinajstić information content (AvgIpc) is 2.89. The minimum Gasteiger partial charge on any atom is -0.334 e. The van der Waals surface area contributed by atoms with Crippen LogP contribution < -0.4 is 5.56 Å². The summed E-state index contributed by atoms with van der Waals surface area (Å²) in [6.07, 6.45) is 2.29. The molecular formula is C15H17N3O3S. The van der Waals surface area contributed by atoms with E-state index in [1.165, 1.54) is 16.3 Å². The number of ketones is 1. The van der Waals surface area contributed by atoms with Gasteiger partial charge in [-0.05, 0) is 19.8 Å². The number of carbonyl (C=O) groups is 2. The van der Waals surface area contributed by atoms with E-state index in [2.05, 4.69) is 4.98 Å². The van der Waals surface area contributed by atoms with Gasteiger partial charge in [0.25, 0.3) is 11.5 Å². The quantitative estimate of drug-likeness (QED) is 0.723. The lowest BCUT2D eigenvalue weighted by molar-refractivity contribution is -0.120. The molecule has 3 aliphatic rings. The second kappa shape index (κ2) is 4.94. The van der Waals surface area contributed by atoms with Gasteiger partial charge in [-0.3, -0.25) is 19.0 Å². The molecule has 0 N–H and O–H groups in total. The largest absolute Gasteiger partial charge is 0.334 e. The van der Waals surface area contributed by atoms with Crippen LogP contribution in [0.1, 0.15) is 48.3 Å². The monoisotopic (exact) mass is 319 g/mol. The number of nitrogens with zero attached hydrogens (tertiary/aromatic N) is 3. The molecule has 6 nitrogen and oxygen atoms in total. The van der Waals surface area contributed by atoms with Crippen molar-refractivity contribution in [3.05, 3.63) is 21.7 Å². The Labute approximate surface area is 131 Å². The van der Waals surface area contributed by atoms with Crippen LogP contribution in [0.5, 0.6) is 0 Å². The number of thioether (sulfide) groups is 1. The van der Waals surface area contributed by atoms with E-state index in [4.69, 9.17) is 0 Å². The number of hydrogen-bond donors (Lipinski definition) is 0. The normalized spacial score (nSPS) is 26.7. The van der Waals surface area contributed by atoms with E-state index in [0.717, 1.165) is 12.8 Å². The van der Waals surface area contributed by atoms with Gasteiger partial charge in [0.15, 0.2) is 0 Å². The van der Waals surface area contributed by atoms with Crippen molar-refractivity contribution in [1.29, 1.82) is 0 Å². The third-order valence-electron chi connectivity index (χ3n) is 4.85. The van der Waals surface area contributed by atoms with Gasteiger partial charge in [-0.25, -0.2) is 4.98 Å². The molecule has 1 aromatic rings. The van der Waals surface area contributed by atoms with E-state index in [9.17, 15) is 14.4 Å². The summed E-state index contributed by atoms with van der Waals surface area (Å²) < 4.78 is 1.51. The molecule has 22 heavy (non-hydrogen) atoms. The Kier molecular flexibility index (Phi) is 3.14. The van der Waals surface area contributed by atoms with Crippen LogP contribution in [0.4, 0.5) is 0 Å². The summed E-state index contributed by atoms with van der Waals surface area (Å²) in [5.74, 6) is 0.243. The maximum absolute atomic E-state index is 12.8. The zero-order valence-electron chi connectivity index (χ0n) is 12.4. The summed E-state index contributed by atoms with van der Waals surface area (Å²) in [6.45, 7) is 3.57. The lowest BCUT2D eigenvalue weighted by Crippen LogP contribution is -2.46. The van der Waals surface area contributed by atoms with E-state index in [-0.39, 0.29) is 34.2 Å². The number of Topliss-reactive ketones (excluding diaryl/α,β-unsaturated/α-hetero) is 1. The van der Waals surface area contributed by atoms with Gasteiger partial charge in [-0.15, -0.1) is 0 Å². The van der Waals surface area contributed by atoms with Crippen LogP contribution in [0.25, 0.3) is 0 Å². The highest BCUT2D eigenvalue weighted by Gasteiger charge is 2.44. The number of fused-ring (bicyclic) bond motifs is 4. The highest BCUT2D eigenvalue weighted by atomic mass is 32.2. The molecule has 7 heteroatoms. The fraction of sp³-hybridized carbons (Fsp3) is 0.600. The van der Waals surface area contributed by atoms with Gasteiger partial charge < -0.3 is 4.90 Å². The lowest BCUT2D eigenvalue weighted by atomic mass is 9.84. The molecule has 3 heterocycles. The van der Waals surface area contributed by atoms with Gasteiger partial charge in [-0.1, -0.05) is 11.8 Å². The van der Waals surface area contributed by atoms with Crippen LogP contribution >= 0.6 is 11.8 Å². The number of amides is 1. The summed E-state index contributed by atoms with van der Waals surface area (Å²) >= 11 is 1.38. The molecule has 2 unspecified atom stereocenters. The molecule has 0 saturated heterocycles. The SMILES string of the molecule is CCN1CCn2c(nc3c(c2=O)C2CCCC(=O)C2S3)C1=O. The molecule has 1 saturated carbocycles. The molecule has 4 rings (SSSR count). The van der Waals surface area contributed by atoms with Crippen molar-refractivity contribution in [2.75, 3.05) is 13.1 Å². The van der Waals surface area contributed by atoms with E-state index >= 15 is 0 Å². The van der Waals surface area contributed by atoms with Crippen LogP contribution in [0.2, 0.25) is 0 Å². The smallest absolute Gasteiger partial charge is 0.290 e. The van der Waals surface area contributed by atoms with Crippen LogP contribution in [0.3, 0.4) is 0 Å². The Hall–Kier alpha value is -1.63. The summed E-state index contributed by atoms with van der Waals surface area (Å²) in [4.78, 5) is 43.5. The molecule has 0 aromatic carbocycles. The highest BCUT2D eigenvalue weighted by molar-refractivity contribution is 8.01. The molecule has 2 aliphatic heterocycles. The molecule has 1 amide bonds. The number of likely N-dealkylation sites (N-methyl/N-ethyl adjacent to an activating group) is 1. The Morgan fingerprint density at radius 2 is 2.09 bits per heavy atom.